The molecule has 1 amide bonds. The van der Waals surface area contributed by atoms with Gasteiger partial charge in [0, 0.05) is 37.6 Å². The first-order valence-corrected chi connectivity index (χ1v) is 10.1. The first kappa shape index (κ1) is 18.1. The van der Waals surface area contributed by atoms with Gasteiger partial charge < -0.3 is 15.5 Å². The molecule has 8 nitrogen and oxygen atoms in total. The maximum atomic E-state index is 11.7. The van der Waals surface area contributed by atoms with Crippen molar-refractivity contribution in [2.75, 3.05) is 34.1 Å². The lowest BCUT2D eigenvalue weighted by Gasteiger charge is -2.23. The van der Waals surface area contributed by atoms with Crippen LogP contribution in [0.4, 0.5) is 23.1 Å². The number of carbonyl (C=O) groups excluding carboxylic acids is 1. The third-order valence-corrected chi connectivity index (χ3v) is 5.94. The van der Waals surface area contributed by atoms with Crippen molar-refractivity contribution in [3.05, 3.63) is 36.5 Å². The average Bonchev–Trinajstić information content (AvgIpc) is 2.96. The molecule has 0 bridgehead atoms. The Hall–Kier alpha value is -2.68. The Morgan fingerprint density at radius 3 is 2.50 bits per heavy atom. The van der Waals surface area contributed by atoms with Crippen LogP contribution in [0.25, 0.3) is 0 Å². The van der Waals surface area contributed by atoms with Crippen molar-refractivity contribution in [3.8, 4) is 0 Å². The predicted molar refractivity (Wildman–Crippen MR) is 102 cm³/mol. The summed E-state index contributed by atoms with van der Waals surface area (Å²) < 4.78 is 23.3. The molecule has 26 heavy (non-hydrogen) atoms. The largest absolute Gasteiger partial charge is 0.340 e. The van der Waals surface area contributed by atoms with Gasteiger partial charge in [-0.3, -0.25) is 4.79 Å². The van der Waals surface area contributed by atoms with E-state index in [4.69, 9.17) is 0 Å². The smallest absolute Gasteiger partial charge is 0.227 e. The molecule has 9 heteroatoms. The Morgan fingerprint density at radius 2 is 1.88 bits per heavy atom. The minimum atomic E-state index is -2.96. The van der Waals surface area contributed by atoms with Gasteiger partial charge in [-0.2, -0.15) is 4.98 Å². The van der Waals surface area contributed by atoms with Gasteiger partial charge in [0.25, 0.3) is 0 Å². The summed E-state index contributed by atoms with van der Waals surface area (Å²) in [5, 5.41) is 5.89. The van der Waals surface area contributed by atoms with Crippen LogP contribution in [0.3, 0.4) is 0 Å². The number of nitrogens with one attached hydrogen (secondary N) is 2. The van der Waals surface area contributed by atoms with Gasteiger partial charge in [-0.15, -0.1) is 0 Å². The van der Waals surface area contributed by atoms with Crippen LogP contribution in [0.2, 0.25) is 0 Å². The second kappa shape index (κ2) is 7.28. The highest BCUT2D eigenvalue weighted by atomic mass is 32.2. The van der Waals surface area contributed by atoms with Crippen LogP contribution in [-0.4, -0.2) is 48.9 Å². The number of hydrogen-bond acceptors (Lipinski definition) is 7. The van der Waals surface area contributed by atoms with Crippen LogP contribution in [0.1, 0.15) is 13.3 Å². The van der Waals surface area contributed by atoms with Crippen molar-refractivity contribution in [1.29, 1.82) is 0 Å². The van der Waals surface area contributed by atoms with Crippen molar-refractivity contribution in [1.82, 2.24) is 9.97 Å². The lowest BCUT2D eigenvalue weighted by molar-refractivity contribution is -0.114. The van der Waals surface area contributed by atoms with Crippen molar-refractivity contribution in [2.45, 2.75) is 19.4 Å². The van der Waals surface area contributed by atoms with E-state index < -0.39 is 9.84 Å². The van der Waals surface area contributed by atoms with Gasteiger partial charge in [-0.25, -0.2) is 13.4 Å². The molecule has 2 heterocycles. The monoisotopic (exact) mass is 375 g/mol. The number of nitrogens with zero attached hydrogens (tertiary/aromatic N) is 3. The molecule has 0 radical (unpaired) electrons. The van der Waals surface area contributed by atoms with E-state index in [1.165, 1.54) is 6.92 Å². The van der Waals surface area contributed by atoms with Crippen LogP contribution in [0, 0.1) is 0 Å². The molecule has 1 saturated heterocycles. The third kappa shape index (κ3) is 4.48. The molecule has 2 aromatic rings. The van der Waals surface area contributed by atoms with Crippen LogP contribution in [-0.2, 0) is 14.6 Å². The Kier molecular flexibility index (Phi) is 5.08. The number of anilines is 4. The van der Waals surface area contributed by atoms with Crippen LogP contribution in [0.15, 0.2) is 36.5 Å². The lowest BCUT2D eigenvalue weighted by atomic mass is 10.2. The highest BCUT2D eigenvalue weighted by Crippen LogP contribution is 2.22. The lowest BCUT2D eigenvalue weighted by Crippen LogP contribution is -2.33. The fourth-order valence-electron chi connectivity index (χ4n) is 2.82. The van der Waals surface area contributed by atoms with Gasteiger partial charge in [0.1, 0.15) is 5.82 Å². The molecule has 1 aliphatic heterocycles. The summed E-state index contributed by atoms with van der Waals surface area (Å²) in [7, 11) is -1.15. The highest BCUT2D eigenvalue weighted by Gasteiger charge is 2.31. The second-order valence-electron chi connectivity index (χ2n) is 6.29. The van der Waals surface area contributed by atoms with E-state index in [9.17, 15) is 13.2 Å². The third-order valence-electron chi connectivity index (χ3n) is 4.19. The SMILES string of the molecule is CC(=O)Nc1ccc(Nc2ccnc(N(C)C3CCS(=O)(=O)C3)n2)cc1. The van der Waals surface area contributed by atoms with Crippen molar-refractivity contribution < 1.29 is 13.2 Å². The first-order chi connectivity index (χ1) is 12.3. The fraction of sp³-hybridized carbons (Fsp3) is 0.353. The summed E-state index contributed by atoms with van der Waals surface area (Å²) in [5.74, 6) is 1.31. The molecule has 3 rings (SSSR count). The van der Waals surface area contributed by atoms with E-state index in [0.29, 0.717) is 23.9 Å². The molecule has 0 saturated carbocycles. The van der Waals surface area contributed by atoms with Gasteiger partial charge >= 0.3 is 0 Å². The van der Waals surface area contributed by atoms with E-state index in [0.717, 1.165) is 5.69 Å². The molecule has 0 aliphatic carbocycles. The molecule has 1 aliphatic rings. The Bertz CT molecular complexity index is 899. The van der Waals surface area contributed by atoms with E-state index >= 15 is 0 Å². The molecule has 1 fully saturated rings. The van der Waals surface area contributed by atoms with E-state index in [-0.39, 0.29) is 23.5 Å². The van der Waals surface area contributed by atoms with Gasteiger partial charge in [0.05, 0.1) is 11.5 Å². The summed E-state index contributed by atoms with van der Waals surface area (Å²) in [5.41, 5.74) is 1.53. The molecule has 1 aromatic heterocycles. The van der Waals surface area contributed by atoms with Gasteiger partial charge in [0.15, 0.2) is 9.84 Å². The van der Waals surface area contributed by atoms with Crippen LogP contribution in [0.5, 0.6) is 0 Å². The van der Waals surface area contributed by atoms with Gasteiger partial charge in [0.2, 0.25) is 11.9 Å². The molecule has 1 aromatic carbocycles. The Balaban J connectivity index is 1.70. The van der Waals surface area contributed by atoms with Gasteiger partial charge in [-0.05, 0) is 36.8 Å². The molecule has 2 N–H and O–H groups in total. The number of rotatable bonds is 5. The zero-order valence-electron chi connectivity index (χ0n) is 14.6. The summed E-state index contributed by atoms with van der Waals surface area (Å²) in [6, 6.07) is 8.89. The number of amides is 1. The summed E-state index contributed by atoms with van der Waals surface area (Å²) in [6.07, 6.45) is 2.22. The average molecular weight is 375 g/mol. The minimum Gasteiger partial charge on any atom is -0.340 e. The van der Waals surface area contributed by atoms with Crippen LogP contribution >= 0.6 is 0 Å². The quantitative estimate of drug-likeness (QED) is 0.821. The standard InChI is InChI=1S/C17H21N5O3S/c1-12(23)19-13-3-5-14(6-4-13)20-16-7-9-18-17(21-16)22(2)15-8-10-26(24,25)11-15/h3-7,9,15H,8,10-11H2,1-2H3,(H,19,23)(H,18,20,21). The zero-order valence-corrected chi connectivity index (χ0v) is 15.5. The number of aromatic nitrogens is 2. The first-order valence-electron chi connectivity index (χ1n) is 8.23. The number of hydrogen-bond donors (Lipinski definition) is 2. The molecular formula is C17H21N5O3S. The maximum Gasteiger partial charge on any atom is 0.227 e. The summed E-state index contributed by atoms with van der Waals surface area (Å²) in [4.78, 5) is 21.6. The summed E-state index contributed by atoms with van der Waals surface area (Å²) in [6.45, 7) is 1.46. The predicted octanol–water partition coefficient (Wildman–Crippen LogP) is 1.80. The topological polar surface area (TPSA) is 104 Å². The number of benzene rings is 1. The van der Waals surface area contributed by atoms with Gasteiger partial charge in [-0.1, -0.05) is 0 Å². The molecule has 138 valence electrons. The maximum absolute atomic E-state index is 11.7. The van der Waals surface area contributed by atoms with Crippen molar-refractivity contribution >= 4 is 38.9 Å². The number of carbonyl (C=O) groups is 1. The van der Waals surface area contributed by atoms with E-state index in [1.807, 2.05) is 24.1 Å². The normalized spacial score (nSPS) is 18.3. The Morgan fingerprint density at radius 1 is 1.19 bits per heavy atom. The number of sulfone groups is 1. The second-order valence-corrected chi connectivity index (χ2v) is 8.52. The highest BCUT2D eigenvalue weighted by molar-refractivity contribution is 7.91. The summed E-state index contributed by atoms with van der Waals surface area (Å²) >= 11 is 0. The minimum absolute atomic E-state index is 0.104. The molecule has 0 spiro atoms. The zero-order chi connectivity index (χ0) is 18.7. The fourth-order valence-corrected chi connectivity index (χ4v) is 4.59. The molecule has 1 unspecified atom stereocenters. The van der Waals surface area contributed by atoms with Crippen LogP contribution < -0.4 is 15.5 Å². The van der Waals surface area contributed by atoms with Crippen molar-refractivity contribution in [3.63, 3.8) is 0 Å². The van der Waals surface area contributed by atoms with Crippen molar-refractivity contribution in [2.24, 2.45) is 0 Å². The molecular weight excluding hydrogens is 354 g/mol. The molecule has 1 atom stereocenters. The van der Waals surface area contributed by atoms with E-state index in [1.54, 1.807) is 24.4 Å². The van der Waals surface area contributed by atoms with E-state index in [2.05, 4.69) is 20.6 Å². The Labute approximate surface area is 152 Å².